The van der Waals surface area contributed by atoms with Gasteiger partial charge in [-0.3, -0.25) is 24.6 Å². The second kappa shape index (κ2) is 10.5. The van der Waals surface area contributed by atoms with Gasteiger partial charge in [0.15, 0.2) is 5.78 Å². The molecule has 2 aromatic rings. The third-order valence-corrected chi connectivity index (χ3v) is 8.67. The molecule has 6 atom stereocenters. The van der Waals surface area contributed by atoms with E-state index < -0.39 is 0 Å². The van der Waals surface area contributed by atoms with Gasteiger partial charge in [-0.25, -0.2) is 0 Å². The molecular weight excluding hydrogens is 480 g/mol. The van der Waals surface area contributed by atoms with Crippen molar-refractivity contribution in [2.75, 3.05) is 13.1 Å². The van der Waals surface area contributed by atoms with Crippen molar-refractivity contribution in [3.8, 4) is 11.5 Å². The third kappa shape index (κ3) is 5.30. The minimum atomic E-state index is -0.198. The van der Waals surface area contributed by atoms with Crippen LogP contribution >= 0.6 is 0 Å². The number of nitrogens with one attached hydrogen (secondary N) is 2. The number of nitrogens with zero attached hydrogens (tertiary/aromatic N) is 4. The van der Waals surface area contributed by atoms with Crippen LogP contribution in [-0.2, 0) is 31.0 Å². The van der Waals surface area contributed by atoms with Crippen molar-refractivity contribution in [3.05, 3.63) is 47.0 Å². The van der Waals surface area contributed by atoms with Crippen molar-refractivity contribution in [3.63, 3.8) is 0 Å². The third-order valence-electron chi connectivity index (χ3n) is 8.67. The summed E-state index contributed by atoms with van der Waals surface area (Å²) in [4.78, 5) is 27.4. The lowest BCUT2D eigenvalue weighted by atomic mass is 10.1. The molecular formula is C29H40N6O3. The summed E-state index contributed by atoms with van der Waals surface area (Å²) in [5.74, 6) is 1.88. The summed E-state index contributed by atoms with van der Waals surface area (Å²) in [5, 5.41) is 6.85. The summed E-state index contributed by atoms with van der Waals surface area (Å²) in [6, 6.07) is 4.79. The van der Waals surface area contributed by atoms with Gasteiger partial charge in [-0.2, -0.15) is 0 Å². The van der Waals surface area contributed by atoms with Crippen molar-refractivity contribution in [1.82, 2.24) is 30.4 Å². The van der Waals surface area contributed by atoms with Gasteiger partial charge < -0.3 is 20.1 Å². The smallest absolute Gasteiger partial charge is 0.166 e. The van der Waals surface area contributed by atoms with Crippen molar-refractivity contribution in [2.45, 2.75) is 103 Å². The van der Waals surface area contributed by atoms with Crippen LogP contribution in [0.25, 0.3) is 0 Å². The van der Waals surface area contributed by atoms with E-state index in [1.54, 1.807) is 0 Å². The molecule has 204 valence electrons. The largest absolute Gasteiger partial charge is 0.487 e. The van der Waals surface area contributed by atoms with Crippen molar-refractivity contribution < 1.29 is 14.3 Å². The zero-order valence-electron chi connectivity index (χ0n) is 22.9. The Balaban J connectivity index is 1.04. The first kappa shape index (κ1) is 25.7. The van der Waals surface area contributed by atoms with Crippen molar-refractivity contribution >= 4 is 5.78 Å². The van der Waals surface area contributed by atoms with Crippen molar-refractivity contribution in [1.29, 1.82) is 0 Å². The van der Waals surface area contributed by atoms with E-state index in [4.69, 9.17) is 9.47 Å². The Morgan fingerprint density at radius 3 is 1.66 bits per heavy atom. The van der Waals surface area contributed by atoms with Crippen LogP contribution in [0.2, 0.25) is 0 Å². The van der Waals surface area contributed by atoms with Gasteiger partial charge in [0.2, 0.25) is 0 Å². The first-order valence-electron chi connectivity index (χ1n) is 14.1. The Morgan fingerprint density at radius 2 is 1.26 bits per heavy atom. The van der Waals surface area contributed by atoms with Crippen LogP contribution in [0.4, 0.5) is 0 Å². The number of carbonyl (C=O) groups is 1. The van der Waals surface area contributed by atoms with E-state index in [0.29, 0.717) is 25.2 Å². The van der Waals surface area contributed by atoms with Crippen LogP contribution in [0.1, 0.15) is 63.1 Å². The number of rotatable bonds is 8. The number of hydrogen-bond donors (Lipinski definition) is 2. The molecule has 9 nitrogen and oxygen atoms in total. The topological polar surface area (TPSA) is 91.9 Å². The highest BCUT2D eigenvalue weighted by Gasteiger charge is 2.35. The van der Waals surface area contributed by atoms with E-state index in [2.05, 4.69) is 56.4 Å². The summed E-state index contributed by atoms with van der Waals surface area (Å²) in [5.41, 5.74) is 4.40. The summed E-state index contributed by atoms with van der Waals surface area (Å²) in [6.07, 6.45) is 6.05. The normalized spacial score (nSPS) is 28.7. The lowest BCUT2D eigenvalue weighted by Gasteiger charge is -2.29. The zero-order chi connectivity index (χ0) is 26.4. The minimum Gasteiger partial charge on any atom is -0.487 e. The van der Waals surface area contributed by atoms with Gasteiger partial charge in [0.25, 0.3) is 0 Å². The van der Waals surface area contributed by atoms with Crippen LogP contribution in [0, 0.1) is 0 Å². The molecule has 0 radical (unpaired) electrons. The summed E-state index contributed by atoms with van der Waals surface area (Å²) in [6.45, 7) is 13.0. The number of carbonyl (C=O) groups excluding carboxylic acids is 1. The number of Topliss-reactive ketones (excluding diaryl/α,β-unsaturated/α-hetero) is 1. The monoisotopic (exact) mass is 520 g/mol. The molecule has 6 heterocycles. The Hall–Kier alpha value is -2.59. The molecule has 4 aliphatic heterocycles. The maximum atomic E-state index is 13.6. The molecule has 2 N–H and O–H groups in total. The van der Waals surface area contributed by atoms with Gasteiger partial charge in [0.05, 0.1) is 35.9 Å². The van der Waals surface area contributed by atoms with Gasteiger partial charge in [0, 0.05) is 64.2 Å². The Labute approximate surface area is 225 Å². The van der Waals surface area contributed by atoms with Gasteiger partial charge in [-0.15, -0.1) is 0 Å². The molecule has 0 spiro atoms. The maximum absolute atomic E-state index is 13.6. The van der Waals surface area contributed by atoms with E-state index in [1.165, 1.54) is 0 Å². The van der Waals surface area contributed by atoms with Crippen LogP contribution in [0.5, 0.6) is 11.5 Å². The molecule has 0 saturated carbocycles. The maximum Gasteiger partial charge on any atom is 0.166 e. The summed E-state index contributed by atoms with van der Waals surface area (Å²) < 4.78 is 12.3. The molecule has 6 rings (SSSR count). The number of ether oxygens (including phenoxy) is 2. The fraction of sp³-hybridized carbons (Fsp3) is 0.621. The lowest BCUT2D eigenvalue weighted by molar-refractivity contribution is -0.129. The SMILES string of the molecule is CC(C(=O)C(C)N1Cc2cc(O[C@H]3CN[C@@H](C)C3)cnc2C1)N1Cc2cc(O[C@H]3CN[C@@H](C)C3)cnc2C1. The van der Waals surface area contributed by atoms with E-state index in [1.807, 2.05) is 26.2 Å². The predicted molar refractivity (Wildman–Crippen MR) is 144 cm³/mol. The van der Waals surface area contributed by atoms with E-state index in [-0.39, 0.29) is 30.1 Å². The molecule has 9 heteroatoms. The fourth-order valence-corrected chi connectivity index (χ4v) is 6.26. The summed E-state index contributed by atoms with van der Waals surface area (Å²) in [7, 11) is 0. The second-order valence-electron chi connectivity index (χ2n) is 11.7. The highest BCUT2D eigenvalue weighted by Crippen LogP contribution is 2.30. The number of fused-ring (bicyclic) bond motifs is 2. The second-order valence-corrected chi connectivity index (χ2v) is 11.7. The van der Waals surface area contributed by atoms with Gasteiger partial charge >= 0.3 is 0 Å². The Kier molecular flexibility index (Phi) is 7.11. The molecule has 38 heavy (non-hydrogen) atoms. The number of ketones is 1. The van der Waals surface area contributed by atoms with E-state index >= 15 is 0 Å². The predicted octanol–water partition coefficient (Wildman–Crippen LogP) is 2.41. The molecule has 0 amide bonds. The molecule has 0 bridgehead atoms. The number of aromatic nitrogens is 2. The van der Waals surface area contributed by atoms with Crippen LogP contribution < -0.4 is 20.1 Å². The molecule has 2 saturated heterocycles. The highest BCUT2D eigenvalue weighted by atomic mass is 16.5. The van der Waals surface area contributed by atoms with Crippen LogP contribution in [0.15, 0.2) is 24.5 Å². The van der Waals surface area contributed by atoms with E-state index in [9.17, 15) is 4.79 Å². The molecule has 2 fully saturated rings. The number of hydrogen-bond acceptors (Lipinski definition) is 9. The average Bonchev–Trinajstić information content (AvgIpc) is 3.69. The van der Waals surface area contributed by atoms with Gasteiger partial charge in [-0.05, 0) is 51.0 Å². The minimum absolute atomic E-state index is 0.189. The van der Waals surface area contributed by atoms with Crippen molar-refractivity contribution in [2.24, 2.45) is 0 Å². The van der Waals surface area contributed by atoms with E-state index in [0.717, 1.165) is 73.0 Å². The lowest BCUT2D eigenvalue weighted by Crippen LogP contribution is -2.46. The average molecular weight is 521 g/mol. The Morgan fingerprint density at radius 1 is 0.816 bits per heavy atom. The quantitative estimate of drug-likeness (QED) is 0.544. The Bertz CT molecular complexity index is 1100. The van der Waals surface area contributed by atoms with Crippen LogP contribution in [-0.4, -0.2) is 75.0 Å². The molecule has 0 aromatic carbocycles. The molecule has 4 aliphatic rings. The highest BCUT2D eigenvalue weighted by molar-refractivity contribution is 5.88. The number of pyridine rings is 2. The van der Waals surface area contributed by atoms with Gasteiger partial charge in [-0.1, -0.05) is 0 Å². The standard InChI is InChI=1S/C29H40N6O3/c1-17-5-23(9-30-17)37-25-7-21-13-34(15-27(21)32-11-25)19(3)29(36)20(4)35-14-22-8-26(12-33-28(22)16-35)38-24-6-18(2)31-10-24/h7-8,11-12,17-20,23-24,30-31H,5-6,9-10,13-16H2,1-4H3/t17-,18-,19?,20?,23+,24+/m0/s1. The molecule has 2 aromatic heterocycles. The first-order valence-corrected chi connectivity index (χ1v) is 14.1. The van der Waals surface area contributed by atoms with Gasteiger partial charge in [0.1, 0.15) is 23.7 Å². The summed E-state index contributed by atoms with van der Waals surface area (Å²) >= 11 is 0. The fourth-order valence-electron chi connectivity index (χ4n) is 6.26. The molecule has 2 unspecified atom stereocenters. The first-order chi connectivity index (χ1) is 18.3. The van der Waals surface area contributed by atoms with Crippen LogP contribution in [0.3, 0.4) is 0 Å². The molecule has 0 aliphatic carbocycles. The zero-order valence-corrected chi connectivity index (χ0v) is 22.9.